The van der Waals surface area contributed by atoms with E-state index < -0.39 is 405 Å². The largest absolute Gasteiger partial charge is 0.735 e. The van der Waals surface area contributed by atoms with Gasteiger partial charge in [0.1, 0.15) is 171 Å². The topological polar surface area (TPSA) is 1200 Å². The van der Waals surface area contributed by atoms with Gasteiger partial charge in [-0.25, -0.2) is 98.3 Å². The number of aliphatic carboxylic acids is 4. The van der Waals surface area contributed by atoms with Gasteiger partial charge in [-0.05, 0) is 0 Å². The van der Waals surface area contributed by atoms with Gasteiger partial charge in [-0.3, -0.25) is 34.1 Å². The van der Waals surface area contributed by atoms with E-state index >= 15 is 0 Å². The molecule has 0 aromatic rings. The van der Waals surface area contributed by atoms with Crippen LogP contribution in [0.4, 0.5) is 0 Å². The number of ether oxygens (including phenoxy) is 15. The first kappa shape index (κ1) is 116. The summed E-state index contributed by atoms with van der Waals surface area (Å²) in [7, 11) is -64.2. The van der Waals surface area contributed by atoms with Crippen LogP contribution in [0.5, 0.6) is 0 Å². The van der Waals surface area contributed by atoms with Gasteiger partial charge in [-0.1, -0.05) is 6.92 Å². The van der Waals surface area contributed by atoms with Crippen LogP contribution in [-0.2, 0) is 228 Å². The summed E-state index contributed by atoms with van der Waals surface area (Å²) in [5, 5.41) is 167. The van der Waals surface area contributed by atoms with Crippen molar-refractivity contribution in [3.63, 3.8) is 0 Å². The normalized spacial score (nSPS) is 40.2. The summed E-state index contributed by atoms with van der Waals surface area (Å²) >= 11 is 0. The molecule has 0 radical (unpaired) electrons. The third-order valence-electron chi connectivity index (χ3n) is 19.6. The summed E-state index contributed by atoms with van der Waals surface area (Å²) < 4.78 is 477. The zero-order valence-corrected chi connectivity index (χ0v) is 74.0. The van der Waals surface area contributed by atoms with E-state index in [-0.39, 0.29) is 0 Å². The van der Waals surface area contributed by atoms with Crippen LogP contribution in [0.15, 0.2) is 0 Å². The quantitative estimate of drug-likeness (QED) is 0.0199. The van der Waals surface area contributed by atoms with Gasteiger partial charge in [0.25, 0.3) is 0 Å². The van der Waals surface area contributed by atoms with Crippen LogP contribution in [0.1, 0.15) is 13.8 Å². The second kappa shape index (κ2) is 44.7. The van der Waals surface area contributed by atoms with Gasteiger partial charge in [0, 0.05) is 12.8 Å². The number of amides is 1. The molecule has 136 heavy (non-hydrogen) atoms. The van der Waals surface area contributed by atoms with Crippen molar-refractivity contribution in [3.05, 3.63) is 0 Å². The molecule has 14 N–H and O–H groups in total. The standard InChI is InChI=1S/C51H82N4O71S10/c1-7-17(57)22(62)48(113-26(7)40(66)67)114-28-10(4-106-131(87,88)89)110-45(14(19(28)59)52-8(2)56)118-32-21(61)23(63)49(121-37(32)41(68)69)117-30-12(6-108-133(93,94)95)112-47(16(55-129(81,82)83)31(30)124-134(96,97)98)120-34-25(65)36(126-136(102,103)104)51(123-39(34)43(72)73)116-29-11(5-107-132(90,91)92)111-46(15(20(29)60)54-128(78,79)80)119-33-24(64)35(125-135(99,100)101)50(122-38(33)42(70)71)115-27-9(3-105-130(84,85)86)109-44(74)13(18(27)58)53-127(75,76)77/h7,9-39,44-51,53-55,57-65,74H,3-6H2,1-2H3,(H,52,56)(H,66,67)(H,68,69)(H,70,71)(H,72,73)(H,75,76,77)(H,78,79,80)(H,81,82,83)(H,84,85,86)(H,87,88,89)(H,90,91,92)(H,93,94,95)(H,96,97,98)(H,99,100,101)(H,102,103,104)/p-14/t7-,9+,10+,11+,12+,13+,14+,15+,16+,17-,18+,19+,20+,21+,22+,23+,24-,25-,26+,27+,28+,29+,30+,31+,32-,33-,34-,35+,36+,37-,38+,39+,44?,45+,46+,47+,48-,49+,50+,51+/m0/s1. The molecular weight excluding hydrogens is 2130 g/mol. The Labute approximate surface area is 760 Å². The number of carboxylic acid groups (broad SMARTS) is 4. The van der Waals surface area contributed by atoms with Gasteiger partial charge in [0.2, 0.25) is 78.7 Å². The van der Waals surface area contributed by atoms with Crippen LogP contribution in [-0.4, -0.2) is 476 Å². The van der Waals surface area contributed by atoms with Crippen LogP contribution in [0.25, 0.3) is 0 Å². The first-order chi connectivity index (χ1) is 61.8. The highest BCUT2D eigenvalue weighted by Gasteiger charge is 2.63. The first-order valence-electron chi connectivity index (χ1n) is 36.1. The van der Waals surface area contributed by atoms with Crippen molar-refractivity contribution >= 4 is 133 Å². The lowest BCUT2D eigenvalue weighted by Gasteiger charge is -2.52. The molecule has 0 aromatic heterocycles. The number of nitrogens with one attached hydrogen (secondary N) is 4. The lowest BCUT2D eigenvalue weighted by atomic mass is 9.90. The maximum absolute atomic E-state index is 13.3. The van der Waals surface area contributed by atoms with Gasteiger partial charge >= 0.3 is 0 Å². The lowest BCUT2D eigenvalue weighted by molar-refractivity contribution is -0.393. The molecule has 8 saturated heterocycles. The van der Waals surface area contributed by atoms with Gasteiger partial charge in [0.15, 0.2) is 93.4 Å². The van der Waals surface area contributed by atoms with Crippen LogP contribution in [0.3, 0.4) is 0 Å². The zero-order chi connectivity index (χ0) is 103. The summed E-state index contributed by atoms with van der Waals surface area (Å²) in [5.41, 5.74) is 0. The number of hydrogen-bond acceptors (Lipinski definition) is 71. The fraction of sp³-hybridized carbons (Fsp3) is 0.902. The number of aliphatic hydroxyl groups excluding tert-OH is 10. The van der Waals surface area contributed by atoms with Crippen LogP contribution in [0.2, 0.25) is 0 Å². The molecule has 8 aliphatic heterocycles. The molecule has 0 saturated carbocycles. The van der Waals surface area contributed by atoms with Crippen molar-refractivity contribution in [1.82, 2.24) is 19.5 Å². The van der Waals surface area contributed by atoms with Crippen molar-refractivity contribution in [2.75, 3.05) is 26.4 Å². The maximum atomic E-state index is 13.3. The average molecular weight is 2190 g/mol. The highest BCUT2D eigenvalue weighted by molar-refractivity contribution is 7.84. The van der Waals surface area contributed by atoms with E-state index in [9.17, 15) is 225 Å². The molecule has 75 nitrogen and oxygen atoms in total. The highest BCUT2D eigenvalue weighted by atomic mass is 32.3. The van der Waals surface area contributed by atoms with E-state index in [0.29, 0.717) is 6.92 Å². The maximum Gasteiger partial charge on any atom is 0.218 e. The molecule has 0 spiro atoms. The molecule has 40 atom stereocenters. The third-order valence-corrected chi connectivity index (χ3v) is 24.3. The second-order valence-corrected chi connectivity index (χ2v) is 39.5. The molecule has 1 amide bonds. The fourth-order valence-electron chi connectivity index (χ4n) is 14.1. The monoisotopic (exact) mass is 2190 g/mol. The Morgan fingerprint density at radius 2 is 0.537 bits per heavy atom. The van der Waals surface area contributed by atoms with Crippen molar-refractivity contribution in [2.24, 2.45) is 5.92 Å². The van der Waals surface area contributed by atoms with Gasteiger partial charge in [0.05, 0.1) is 56.4 Å². The van der Waals surface area contributed by atoms with E-state index in [0.717, 1.165) is 21.1 Å². The number of aliphatic hydroxyl groups is 10. The summed E-state index contributed by atoms with van der Waals surface area (Å²) in [6.45, 7) is -6.51. The SMILES string of the molecule is CC(=O)N[C@H]1[C@@H](O[C@H]2[C@H](O)[C@@H](O)[C@H](O[C@H]3[C@H](OS(=O)(=O)[O-])[C@@H](NS(=O)(=O)[O-])[C@@H](O[C@H]4[C@H](O)[C@@H](OS(=O)(=O)[O-])[C@H](O[C@H]5[C@H](O)[C@@H](NS(=O)(=O)[O-])[C@@H](O[C@H]6[C@H](O)[C@@H](OS(=O)(=O)[O-])[C@H](O[C@H]7[C@H](O)[C@@H](NS(=O)(=O)[O-])C(O)O[C@@H]7COS(=O)(=O)[O-])O[C@H]6C(=O)[O-])O[C@@H]5COS(=O)(=O)[O-])O[C@H]4C(=O)[O-])O[C@@H]3COS(=O)(=O)[O-])O[C@@H]2C(=O)[O-])O[C@H](COS(=O)(=O)[O-])[C@@H](O[C@@H]2O[C@@H](C(=O)[O-])[C@@H](C)[C@H](O)[C@H]2O)[C@@H]1O. The average Bonchev–Trinajstić information content (AvgIpc) is 0.760. The summed E-state index contributed by atoms with van der Waals surface area (Å²) in [4.78, 5) is 64.0. The van der Waals surface area contributed by atoms with Crippen molar-refractivity contribution in [1.29, 1.82) is 0 Å². The van der Waals surface area contributed by atoms with E-state index in [1.54, 1.807) is 0 Å². The minimum Gasteiger partial charge on any atom is -0.735 e. The predicted octanol–water partition coefficient (Wildman–Crippen LogP) is -28.4. The van der Waals surface area contributed by atoms with E-state index in [1.165, 1.54) is 0 Å². The third kappa shape index (κ3) is 32.0. The molecular formula is C51H68N4O71S10-14. The van der Waals surface area contributed by atoms with Crippen LogP contribution in [0, 0.1) is 5.92 Å². The Balaban J connectivity index is 1.15. The van der Waals surface area contributed by atoms with Crippen molar-refractivity contribution < 1.29 is 326 Å². The van der Waals surface area contributed by atoms with Gasteiger partial charge in [-0.2, -0.15) is 0 Å². The second-order valence-electron chi connectivity index (χ2n) is 28.8. The minimum absolute atomic E-state index is 0.638. The van der Waals surface area contributed by atoms with E-state index in [2.05, 4.69) is 29.3 Å². The lowest BCUT2D eigenvalue weighted by Crippen LogP contribution is -2.72. The Bertz CT molecular complexity index is 5430. The van der Waals surface area contributed by atoms with Gasteiger partial charge < -0.3 is 213 Å². The van der Waals surface area contributed by atoms with Crippen LogP contribution < -0.4 is 39.9 Å². The zero-order valence-electron chi connectivity index (χ0n) is 65.9. The molecule has 8 aliphatic rings. The van der Waals surface area contributed by atoms with Crippen molar-refractivity contribution in [3.8, 4) is 0 Å². The molecule has 85 heteroatoms. The Morgan fingerprint density at radius 1 is 0.272 bits per heavy atom. The Hall–Kier alpha value is -4.95. The molecule has 0 bridgehead atoms. The number of carbonyl (C=O) groups is 5. The van der Waals surface area contributed by atoms with Gasteiger partial charge in [-0.15, -0.1) is 0 Å². The molecule has 0 aromatic carbocycles. The number of carboxylic acids is 4. The fourth-order valence-corrected chi connectivity index (χ4v) is 18.5. The number of rotatable bonds is 43. The summed E-state index contributed by atoms with van der Waals surface area (Å²) in [6, 6.07) is -12.3. The molecule has 8 fully saturated rings. The van der Waals surface area contributed by atoms with E-state index in [1.807, 2.05) is 5.32 Å². The summed E-state index contributed by atoms with van der Waals surface area (Å²) in [6.07, 6.45) is -111. The van der Waals surface area contributed by atoms with Crippen LogP contribution >= 0.6 is 0 Å². The first-order valence-corrected chi connectivity index (χ1v) is 49.6. The predicted molar refractivity (Wildman–Crippen MR) is 363 cm³/mol. The number of hydrogen-bond donors (Lipinski definition) is 14. The molecule has 0 aliphatic carbocycles. The minimum atomic E-state index is -6.89. The summed E-state index contributed by atoms with van der Waals surface area (Å²) in [5.74, 6) is -13.7. The molecule has 8 heterocycles. The Morgan fingerprint density at radius 3 is 0.882 bits per heavy atom. The highest BCUT2D eigenvalue weighted by Crippen LogP contribution is 2.42. The smallest absolute Gasteiger partial charge is 0.218 e. The molecule has 1 unspecified atom stereocenters. The molecule has 8 rings (SSSR count). The Kier molecular flexibility index (Phi) is 38.2. The molecule has 792 valence electrons. The van der Waals surface area contributed by atoms with Crippen molar-refractivity contribution in [2.45, 2.75) is 253 Å². The number of carbonyl (C=O) groups excluding carboxylic acids is 5. The van der Waals surface area contributed by atoms with E-state index in [4.69, 9.17) is 71.1 Å².